The molecule has 0 amide bonds. The van der Waals surface area contributed by atoms with Crippen LogP contribution in [0.3, 0.4) is 0 Å². The first-order valence-electron chi connectivity index (χ1n) is 12.1. The first-order valence-corrected chi connectivity index (χ1v) is 18.1. The minimum Gasteiger partial charge on any atom is -0.328 e. The monoisotopic (exact) mass is 651 g/mol. The normalized spacial score (nSPS) is 15.9. The lowest BCUT2D eigenvalue weighted by atomic mass is 10.2. The number of fused-ring (bicyclic) bond motifs is 1. The fourth-order valence-corrected chi connectivity index (χ4v) is 14.2. The average molecular weight is 652 g/mol. The Hall–Kier alpha value is -1.19. The molecule has 0 saturated carbocycles. The van der Waals surface area contributed by atoms with Crippen molar-refractivity contribution in [2.75, 3.05) is 26.5 Å². The van der Waals surface area contributed by atoms with Crippen LogP contribution in [0.2, 0.25) is 0 Å². The van der Waals surface area contributed by atoms with Crippen molar-refractivity contribution < 1.29 is 37.1 Å². The third-order valence-electron chi connectivity index (χ3n) is 6.03. The van der Waals surface area contributed by atoms with E-state index in [9.17, 15) is 23.5 Å². The number of benzene rings is 1. The Morgan fingerprint density at radius 3 is 2.11 bits per heavy atom. The highest BCUT2D eigenvalue weighted by molar-refractivity contribution is 9.10. The summed E-state index contributed by atoms with van der Waals surface area (Å²) in [6.07, 6.45) is -0.624. The van der Waals surface area contributed by atoms with Gasteiger partial charge in [0.2, 0.25) is 12.0 Å². The molecule has 0 fully saturated rings. The molecule has 2 N–H and O–H groups in total. The SMILES string of the molecule is CCOP(C)(=O)C(CCc1cc(C)nc2c(Br)c(-c3ccccc3)nn12)(P(=O)(O)O)P(=O)(OCC)OCC. The van der Waals surface area contributed by atoms with E-state index in [1.165, 1.54) is 20.8 Å². The van der Waals surface area contributed by atoms with Gasteiger partial charge < -0.3 is 23.4 Å². The number of hydrogen-bond donors (Lipinski definition) is 2. The molecule has 2 heterocycles. The molecular weight excluding hydrogens is 619 g/mol. The topological polar surface area (TPSA) is 150 Å². The molecule has 0 radical (unpaired) electrons. The molecule has 0 aliphatic carbocycles. The van der Waals surface area contributed by atoms with Crippen molar-refractivity contribution >= 4 is 44.1 Å². The van der Waals surface area contributed by atoms with Crippen molar-refractivity contribution in [2.24, 2.45) is 0 Å². The van der Waals surface area contributed by atoms with Gasteiger partial charge in [-0.1, -0.05) is 30.3 Å². The van der Waals surface area contributed by atoms with Gasteiger partial charge in [-0.2, -0.15) is 5.10 Å². The van der Waals surface area contributed by atoms with Crippen molar-refractivity contribution in [3.8, 4) is 11.3 Å². The molecule has 2 aromatic heterocycles. The van der Waals surface area contributed by atoms with Crippen LogP contribution in [0.15, 0.2) is 40.9 Å². The summed E-state index contributed by atoms with van der Waals surface area (Å²) in [5.74, 6) is 0. The molecule has 38 heavy (non-hydrogen) atoms. The zero-order valence-electron chi connectivity index (χ0n) is 21.9. The molecule has 2 atom stereocenters. The molecule has 1 aromatic carbocycles. The quantitative estimate of drug-likeness (QED) is 0.198. The van der Waals surface area contributed by atoms with Crippen molar-refractivity contribution in [2.45, 2.75) is 45.2 Å². The second-order valence-electron chi connectivity index (χ2n) is 8.57. The second-order valence-corrected chi connectivity index (χ2v) is 17.3. The van der Waals surface area contributed by atoms with Gasteiger partial charge in [0.15, 0.2) is 5.65 Å². The van der Waals surface area contributed by atoms with Crippen LogP contribution in [-0.2, 0) is 33.7 Å². The number of aromatic nitrogens is 3. The molecule has 0 bridgehead atoms. The molecular formula is C23H33BrN3O8P3. The fraction of sp³-hybridized carbons (Fsp3) is 0.478. The van der Waals surface area contributed by atoms with Crippen molar-refractivity contribution in [3.63, 3.8) is 0 Å². The highest BCUT2D eigenvalue weighted by atomic mass is 79.9. The van der Waals surface area contributed by atoms with Crippen LogP contribution in [-0.4, -0.2) is 55.5 Å². The van der Waals surface area contributed by atoms with Crippen LogP contribution in [0.1, 0.15) is 38.6 Å². The summed E-state index contributed by atoms with van der Waals surface area (Å²) >= 11 is 3.59. The summed E-state index contributed by atoms with van der Waals surface area (Å²) in [6.45, 7) is 6.92. The zero-order valence-corrected chi connectivity index (χ0v) is 26.2. The van der Waals surface area contributed by atoms with E-state index in [1.807, 2.05) is 30.3 Å². The molecule has 0 aliphatic heterocycles. The lowest BCUT2D eigenvalue weighted by Crippen LogP contribution is -2.33. The van der Waals surface area contributed by atoms with Gasteiger partial charge in [0.25, 0.3) is 0 Å². The molecule has 0 aliphatic rings. The summed E-state index contributed by atoms with van der Waals surface area (Å²) in [7, 11) is -14.5. The van der Waals surface area contributed by atoms with E-state index in [4.69, 9.17) is 18.7 Å². The molecule has 3 rings (SSSR count). The largest absolute Gasteiger partial charge is 0.358 e. The maximum absolute atomic E-state index is 14.2. The van der Waals surface area contributed by atoms with E-state index in [1.54, 1.807) is 17.5 Å². The maximum Gasteiger partial charge on any atom is 0.358 e. The van der Waals surface area contributed by atoms with Crippen molar-refractivity contribution in [1.29, 1.82) is 0 Å². The van der Waals surface area contributed by atoms with Crippen LogP contribution in [0.25, 0.3) is 16.9 Å². The van der Waals surface area contributed by atoms with E-state index in [-0.39, 0.29) is 26.2 Å². The summed E-state index contributed by atoms with van der Waals surface area (Å²) in [4.78, 5) is 26.0. The van der Waals surface area contributed by atoms with Gasteiger partial charge in [0.1, 0.15) is 5.69 Å². The van der Waals surface area contributed by atoms with E-state index in [0.717, 1.165) is 12.2 Å². The first kappa shape index (κ1) is 31.3. The third kappa shape index (κ3) is 5.67. The lowest BCUT2D eigenvalue weighted by molar-refractivity contribution is 0.204. The Bertz CT molecular complexity index is 1420. The van der Waals surface area contributed by atoms with Gasteiger partial charge in [0.05, 0.1) is 24.3 Å². The van der Waals surface area contributed by atoms with E-state index in [2.05, 4.69) is 20.9 Å². The Morgan fingerprint density at radius 2 is 1.58 bits per heavy atom. The fourth-order valence-electron chi connectivity index (χ4n) is 4.48. The zero-order chi connectivity index (χ0) is 28.4. The van der Waals surface area contributed by atoms with Gasteiger partial charge in [0, 0.05) is 23.6 Å². The third-order valence-corrected chi connectivity index (χ3v) is 17.7. The van der Waals surface area contributed by atoms with Crippen LogP contribution in [0, 0.1) is 6.92 Å². The summed E-state index contributed by atoms with van der Waals surface area (Å²) in [5, 5.41) is 4.70. The Balaban J connectivity index is 2.24. The van der Waals surface area contributed by atoms with Gasteiger partial charge in [-0.25, -0.2) is 9.50 Å². The van der Waals surface area contributed by atoms with Crippen molar-refractivity contribution in [1.82, 2.24) is 14.6 Å². The maximum atomic E-state index is 14.2. The van der Waals surface area contributed by atoms with Gasteiger partial charge in [-0.3, -0.25) is 13.7 Å². The first-order chi connectivity index (χ1) is 17.8. The number of halogens is 1. The number of hydrogen-bond acceptors (Lipinski definition) is 8. The van der Waals surface area contributed by atoms with Crippen LogP contribution < -0.4 is 0 Å². The van der Waals surface area contributed by atoms with Crippen LogP contribution >= 0.6 is 38.5 Å². The minimum atomic E-state index is -5.46. The van der Waals surface area contributed by atoms with Crippen LogP contribution in [0.5, 0.6) is 0 Å². The standard InChI is InChI=1S/C23H33BrN3O8P3/c1-6-33-36(5,28)23(37(29,30)31,38(32,34-7-2)35-8-3)15-14-19-16-17(4)25-22-20(24)21(26-27(19)22)18-12-10-9-11-13-18/h9-13,16H,6-8,14-15H2,1-5H3,(H2,29,30,31). The number of rotatable bonds is 13. The van der Waals surface area contributed by atoms with E-state index in [0.29, 0.717) is 27.2 Å². The molecule has 0 spiro atoms. The summed E-state index contributed by atoms with van der Waals surface area (Å²) in [5.41, 5.74) is 3.07. The summed E-state index contributed by atoms with van der Waals surface area (Å²) < 4.78 is 57.1. The Labute approximate surface area is 230 Å². The van der Waals surface area contributed by atoms with Crippen LogP contribution in [0.4, 0.5) is 0 Å². The highest BCUT2D eigenvalue weighted by Crippen LogP contribution is 2.88. The smallest absolute Gasteiger partial charge is 0.328 e. The molecule has 210 valence electrons. The number of nitrogens with zero attached hydrogens (tertiary/aromatic N) is 3. The minimum absolute atomic E-state index is 0.0949. The second kappa shape index (κ2) is 12.1. The Morgan fingerprint density at radius 1 is 1.00 bits per heavy atom. The highest BCUT2D eigenvalue weighted by Gasteiger charge is 2.71. The molecule has 3 aromatic rings. The molecule has 2 unspecified atom stereocenters. The van der Waals surface area contributed by atoms with Gasteiger partial charge in [-0.15, -0.1) is 0 Å². The Kier molecular flexibility index (Phi) is 10.0. The van der Waals surface area contributed by atoms with Gasteiger partial charge in [-0.05, 0) is 62.5 Å². The molecule has 11 nitrogen and oxygen atoms in total. The van der Waals surface area contributed by atoms with Crippen molar-refractivity contribution in [3.05, 3.63) is 52.3 Å². The predicted octanol–water partition coefficient (Wildman–Crippen LogP) is 6.44. The molecule has 15 heteroatoms. The van der Waals surface area contributed by atoms with E-state index >= 15 is 0 Å². The lowest BCUT2D eigenvalue weighted by Gasteiger charge is -2.41. The summed E-state index contributed by atoms with van der Waals surface area (Å²) in [6, 6.07) is 11.1. The average Bonchev–Trinajstić information content (AvgIpc) is 3.15. The number of aryl methyl sites for hydroxylation is 2. The predicted molar refractivity (Wildman–Crippen MR) is 150 cm³/mol. The van der Waals surface area contributed by atoms with E-state index < -0.39 is 33.6 Å². The van der Waals surface area contributed by atoms with Gasteiger partial charge >= 0.3 is 15.2 Å². The molecule has 0 saturated heterocycles.